The lowest BCUT2D eigenvalue weighted by Gasteiger charge is -2.18. The number of nitrogens with zero attached hydrogens (tertiary/aromatic N) is 4. The van der Waals surface area contributed by atoms with Crippen molar-refractivity contribution in [3.63, 3.8) is 0 Å². The first-order valence-corrected chi connectivity index (χ1v) is 14.3. The van der Waals surface area contributed by atoms with Crippen LogP contribution in [0, 0.1) is 41.5 Å². The summed E-state index contributed by atoms with van der Waals surface area (Å²) in [6.07, 6.45) is 1.72. The molecule has 1 amide bonds. The molecule has 0 atom stereocenters. The minimum absolute atomic E-state index is 0.193. The van der Waals surface area contributed by atoms with Gasteiger partial charge in [-0.3, -0.25) is 4.79 Å². The van der Waals surface area contributed by atoms with Gasteiger partial charge in [0.25, 0.3) is 5.91 Å². The van der Waals surface area contributed by atoms with Gasteiger partial charge in [0.2, 0.25) is 10.0 Å². The molecule has 198 valence electrons. The van der Waals surface area contributed by atoms with Gasteiger partial charge in [-0.1, -0.05) is 29.8 Å². The molecule has 38 heavy (non-hydrogen) atoms. The zero-order chi connectivity index (χ0) is 27.4. The number of carbonyl (C=O) groups excluding carboxylic acids is 1. The lowest BCUT2D eigenvalue weighted by atomic mass is 10.0. The molecule has 1 fully saturated rings. The second kappa shape index (κ2) is 9.63. The average molecular weight is 532 g/mol. The van der Waals surface area contributed by atoms with Crippen LogP contribution in [-0.2, 0) is 10.0 Å². The van der Waals surface area contributed by atoms with Crippen molar-refractivity contribution in [3.8, 4) is 11.1 Å². The number of aryl methyl sites for hydroxylation is 6. The fourth-order valence-electron chi connectivity index (χ4n) is 5.40. The first-order chi connectivity index (χ1) is 18.0. The molecule has 2 aromatic carbocycles. The van der Waals surface area contributed by atoms with Crippen LogP contribution in [-0.4, -0.2) is 46.3 Å². The highest BCUT2D eigenvalue weighted by Gasteiger charge is 2.30. The highest BCUT2D eigenvalue weighted by molar-refractivity contribution is 7.89. The van der Waals surface area contributed by atoms with Crippen LogP contribution in [0.15, 0.2) is 41.3 Å². The summed E-state index contributed by atoms with van der Waals surface area (Å²) in [4.78, 5) is 18.7. The summed E-state index contributed by atoms with van der Waals surface area (Å²) in [5, 5.41) is 7.74. The highest BCUT2D eigenvalue weighted by atomic mass is 32.2. The minimum atomic E-state index is -3.66. The number of nitrogens with one attached hydrogen (secondary N) is 1. The Labute approximate surface area is 223 Å². The normalized spacial score (nSPS) is 14.4. The van der Waals surface area contributed by atoms with Gasteiger partial charge in [-0.25, -0.2) is 17.9 Å². The van der Waals surface area contributed by atoms with Gasteiger partial charge in [-0.2, -0.15) is 9.40 Å². The average Bonchev–Trinajstić information content (AvgIpc) is 3.51. The Hall–Kier alpha value is -3.56. The Morgan fingerprint density at radius 1 is 0.895 bits per heavy atom. The quantitative estimate of drug-likeness (QED) is 0.378. The van der Waals surface area contributed by atoms with Crippen molar-refractivity contribution in [3.05, 3.63) is 75.7 Å². The van der Waals surface area contributed by atoms with E-state index in [1.807, 2.05) is 58.9 Å². The molecule has 1 aliphatic rings. The van der Waals surface area contributed by atoms with Crippen molar-refractivity contribution in [1.29, 1.82) is 0 Å². The van der Waals surface area contributed by atoms with E-state index in [1.54, 1.807) is 27.9 Å². The van der Waals surface area contributed by atoms with Crippen molar-refractivity contribution in [2.75, 3.05) is 18.4 Å². The molecule has 4 aromatic rings. The van der Waals surface area contributed by atoms with Gasteiger partial charge >= 0.3 is 0 Å². The van der Waals surface area contributed by atoms with Crippen LogP contribution in [0.4, 0.5) is 5.69 Å². The smallest absolute Gasteiger partial charge is 0.276 e. The number of carbonyl (C=O) groups is 1. The second-order valence-electron chi connectivity index (χ2n) is 10.3. The van der Waals surface area contributed by atoms with Crippen molar-refractivity contribution < 1.29 is 13.2 Å². The highest BCUT2D eigenvalue weighted by Crippen LogP contribution is 2.34. The molecule has 5 rings (SSSR count). The van der Waals surface area contributed by atoms with Gasteiger partial charge in [0.15, 0.2) is 11.3 Å². The fraction of sp³-hybridized carbons (Fsp3) is 0.345. The number of anilines is 1. The van der Waals surface area contributed by atoms with Crippen LogP contribution in [0.3, 0.4) is 0 Å². The SMILES string of the molecule is Cc1cc(C)c(NC(=O)c2nn3c(C)cc(C)nc3c2-c2ccc(C)c(S(=O)(=O)N3CCCC3)c2)c(C)c1. The first-order valence-electron chi connectivity index (χ1n) is 12.8. The molecular formula is C29H33N5O3S. The zero-order valence-corrected chi connectivity index (χ0v) is 23.5. The maximum atomic E-state index is 13.8. The first kappa shape index (κ1) is 26.1. The lowest BCUT2D eigenvalue weighted by Crippen LogP contribution is -2.28. The largest absolute Gasteiger partial charge is 0.320 e. The van der Waals surface area contributed by atoms with Crippen LogP contribution in [0.5, 0.6) is 0 Å². The van der Waals surface area contributed by atoms with Gasteiger partial charge in [-0.15, -0.1) is 0 Å². The number of hydrogen-bond donors (Lipinski definition) is 1. The standard InChI is InChI=1S/C29H33N5O3S/c1-17-13-19(3)26(20(4)14-17)31-29(35)27-25(28-30-21(5)15-22(6)34(28)32-27)23-10-9-18(2)24(16-23)38(36,37)33-11-7-8-12-33/h9-10,13-16H,7-8,11-12H2,1-6H3,(H,31,35). The van der Waals surface area contributed by atoms with Crippen LogP contribution in [0.2, 0.25) is 0 Å². The summed E-state index contributed by atoms with van der Waals surface area (Å²) in [5.41, 5.74) is 7.85. The minimum Gasteiger partial charge on any atom is -0.320 e. The van der Waals surface area contributed by atoms with Crippen LogP contribution in [0.1, 0.15) is 57.0 Å². The summed E-state index contributed by atoms with van der Waals surface area (Å²) in [5.74, 6) is -0.373. The van der Waals surface area contributed by atoms with E-state index in [0.29, 0.717) is 35.4 Å². The van der Waals surface area contributed by atoms with Gasteiger partial charge in [0.1, 0.15) is 0 Å². The fourth-order valence-corrected chi connectivity index (χ4v) is 7.16. The van der Waals surface area contributed by atoms with Crippen LogP contribution in [0.25, 0.3) is 16.8 Å². The maximum absolute atomic E-state index is 13.8. The molecular weight excluding hydrogens is 498 g/mol. The van der Waals surface area contributed by atoms with E-state index in [0.717, 1.165) is 46.6 Å². The molecule has 3 heterocycles. The third-order valence-electron chi connectivity index (χ3n) is 7.19. The molecule has 1 saturated heterocycles. The lowest BCUT2D eigenvalue weighted by molar-refractivity contribution is 0.102. The molecule has 8 nitrogen and oxygen atoms in total. The van der Waals surface area contributed by atoms with Crippen LogP contribution < -0.4 is 5.32 Å². The second-order valence-corrected chi connectivity index (χ2v) is 12.2. The van der Waals surface area contributed by atoms with E-state index in [1.165, 1.54) is 0 Å². The number of fused-ring (bicyclic) bond motifs is 1. The molecule has 2 aromatic heterocycles. The van der Waals surface area contributed by atoms with E-state index in [-0.39, 0.29) is 16.5 Å². The van der Waals surface area contributed by atoms with Crippen LogP contribution >= 0.6 is 0 Å². The molecule has 0 bridgehead atoms. The summed E-state index contributed by atoms with van der Waals surface area (Å²) in [7, 11) is -3.66. The van der Waals surface area contributed by atoms with E-state index in [4.69, 9.17) is 4.98 Å². The van der Waals surface area contributed by atoms with E-state index in [9.17, 15) is 13.2 Å². The molecule has 0 radical (unpaired) electrons. The Kier molecular flexibility index (Phi) is 6.61. The predicted octanol–water partition coefficient (Wildman–Crippen LogP) is 5.28. The molecule has 0 aliphatic carbocycles. The number of hydrogen-bond acceptors (Lipinski definition) is 5. The van der Waals surface area contributed by atoms with Gasteiger partial charge in [-0.05, 0) is 88.8 Å². The van der Waals surface area contributed by atoms with Crippen molar-refractivity contribution >= 4 is 27.3 Å². The molecule has 0 spiro atoms. The molecule has 9 heteroatoms. The number of amides is 1. The molecule has 0 saturated carbocycles. The monoisotopic (exact) mass is 531 g/mol. The molecule has 1 N–H and O–H groups in total. The summed E-state index contributed by atoms with van der Waals surface area (Å²) >= 11 is 0. The number of rotatable bonds is 5. The Morgan fingerprint density at radius 3 is 2.21 bits per heavy atom. The summed E-state index contributed by atoms with van der Waals surface area (Å²) < 4.78 is 30.2. The van der Waals surface area contributed by atoms with Crippen molar-refractivity contribution in [1.82, 2.24) is 18.9 Å². The third kappa shape index (κ3) is 4.50. The summed E-state index contributed by atoms with van der Waals surface area (Å²) in [6.45, 7) is 12.6. The number of aromatic nitrogens is 3. The molecule has 1 aliphatic heterocycles. The Balaban J connectivity index is 1.70. The number of sulfonamides is 1. The van der Waals surface area contributed by atoms with E-state index >= 15 is 0 Å². The van der Waals surface area contributed by atoms with E-state index in [2.05, 4.69) is 10.4 Å². The number of benzene rings is 2. The van der Waals surface area contributed by atoms with Gasteiger partial charge in [0, 0.05) is 30.2 Å². The van der Waals surface area contributed by atoms with Gasteiger partial charge < -0.3 is 5.32 Å². The van der Waals surface area contributed by atoms with Gasteiger partial charge in [0.05, 0.1) is 10.5 Å². The topological polar surface area (TPSA) is 96.7 Å². The van der Waals surface area contributed by atoms with E-state index < -0.39 is 10.0 Å². The van der Waals surface area contributed by atoms with Crippen molar-refractivity contribution in [2.24, 2.45) is 0 Å². The van der Waals surface area contributed by atoms with Crippen molar-refractivity contribution in [2.45, 2.75) is 59.3 Å². The Bertz CT molecular complexity index is 1680. The molecule has 0 unspecified atom stereocenters. The third-order valence-corrected chi connectivity index (χ3v) is 9.23. The predicted molar refractivity (Wildman–Crippen MR) is 149 cm³/mol. The Morgan fingerprint density at radius 2 is 1.55 bits per heavy atom. The maximum Gasteiger partial charge on any atom is 0.276 e. The zero-order valence-electron chi connectivity index (χ0n) is 22.7. The summed E-state index contributed by atoms with van der Waals surface area (Å²) in [6, 6.07) is 11.3.